The van der Waals surface area contributed by atoms with Crippen molar-refractivity contribution in [2.24, 2.45) is 0 Å². The van der Waals surface area contributed by atoms with Crippen molar-refractivity contribution in [3.63, 3.8) is 0 Å². The summed E-state index contributed by atoms with van der Waals surface area (Å²) in [4.78, 5) is 12.7. The zero-order valence-corrected chi connectivity index (χ0v) is 27.8. The fraction of sp³-hybridized carbons (Fsp3) is 0.0488. The highest BCUT2D eigenvalue weighted by Gasteiger charge is 2.20. The monoisotopic (exact) mass is 682 g/mol. The molecule has 248 valence electrons. The lowest BCUT2D eigenvalue weighted by Crippen LogP contribution is -2.03. The molecule has 1 N–H and O–H groups in total. The summed E-state index contributed by atoms with van der Waals surface area (Å²) >= 11 is 0. The van der Waals surface area contributed by atoms with Gasteiger partial charge >= 0.3 is 0 Å². The van der Waals surface area contributed by atoms with Crippen molar-refractivity contribution in [2.45, 2.75) is 11.8 Å². The fourth-order valence-electron chi connectivity index (χ4n) is 5.08. The van der Waals surface area contributed by atoms with E-state index >= 15 is 0 Å². The van der Waals surface area contributed by atoms with Crippen molar-refractivity contribution < 1.29 is 36.7 Å². The average Bonchev–Trinajstić information content (AvgIpc) is 3.13. The summed E-state index contributed by atoms with van der Waals surface area (Å²) in [6.07, 6.45) is 5.57. The summed E-state index contributed by atoms with van der Waals surface area (Å²) in [5, 5.41) is 0. The Labute approximate surface area is 290 Å². The van der Waals surface area contributed by atoms with Crippen molar-refractivity contribution in [2.75, 3.05) is 7.11 Å². The molecule has 0 fully saturated rings. The van der Waals surface area contributed by atoms with E-state index in [0.29, 0.717) is 33.9 Å². The van der Waals surface area contributed by atoms with Crippen LogP contribution in [-0.2, 0) is 10.1 Å². The fourth-order valence-corrected chi connectivity index (χ4v) is 5.70. The van der Waals surface area contributed by atoms with Crippen LogP contribution in [0.3, 0.4) is 0 Å². The van der Waals surface area contributed by atoms with Crippen molar-refractivity contribution in [1.82, 2.24) is 0 Å². The molecule has 6 rings (SSSR count). The molecule has 50 heavy (non-hydrogen) atoms. The molecule has 0 aliphatic heterocycles. The van der Waals surface area contributed by atoms with E-state index in [2.05, 4.69) is 5.92 Å². The van der Waals surface area contributed by atoms with Gasteiger partial charge in [-0.2, -0.15) is 8.42 Å². The number of rotatable bonds is 11. The van der Waals surface area contributed by atoms with Crippen LogP contribution in [0.2, 0.25) is 0 Å². The molecule has 0 bridgehead atoms. The molecule has 9 heteroatoms. The van der Waals surface area contributed by atoms with Gasteiger partial charge in [0.1, 0.15) is 45.1 Å². The van der Waals surface area contributed by atoms with Gasteiger partial charge in [-0.25, -0.2) is 0 Å². The lowest BCUT2D eigenvalue weighted by atomic mass is 10.0. The average molecular weight is 683 g/mol. The number of terminal acetylenes is 1. The first-order chi connectivity index (χ1) is 24.1. The van der Waals surface area contributed by atoms with Crippen LogP contribution >= 0.6 is 0 Å². The zero-order chi connectivity index (χ0) is 35.3. The van der Waals surface area contributed by atoms with Gasteiger partial charge in [0.15, 0.2) is 5.78 Å². The van der Waals surface area contributed by atoms with E-state index in [9.17, 15) is 17.8 Å². The number of hydrogen-bond donors (Lipinski definition) is 1. The Morgan fingerprint density at radius 3 is 1.60 bits per heavy atom. The number of carbonyl (C=O) groups is 1. The maximum atomic E-state index is 13.2. The third-order valence-electron chi connectivity index (χ3n) is 7.69. The summed E-state index contributed by atoms with van der Waals surface area (Å²) in [5.41, 5.74) is 4.31. The minimum absolute atomic E-state index is 0.132. The second kappa shape index (κ2) is 14.4. The highest BCUT2D eigenvalue weighted by Crippen LogP contribution is 2.35. The molecule has 6 aromatic carbocycles. The number of ether oxygens (including phenoxy) is 4. The summed E-state index contributed by atoms with van der Waals surface area (Å²) in [6.45, 7) is 1.87. The number of hydrogen-bond acceptors (Lipinski definition) is 7. The van der Waals surface area contributed by atoms with E-state index in [1.807, 2.05) is 61.5 Å². The van der Waals surface area contributed by atoms with E-state index in [1.165, 1.54) is 24.3 Å². The van der Waals surface area contributed by atoms with Crippen molar-refractivity contribution in [3.8, 4) is 63.7 Å². The van der Waals surface area contributed by atoms with Crippen LogP contribution in [0, 0.1) is 19.3 Å². The Balaban J connectivity index is 1.11. The number of benzene rings is 6. The first-order valence-electron chi connectivity index (χ1n) is 15.3. The topological polar surface area (TPSA) is 108 Å². The molecule has 0 aliphatic carbocycles. The quantitative estimate of drug-likeness (QED) is 0.0818. The van der Waals surface area contributed by atoms with Gasteiger partial charge in [0.05, 0.1) is 12.7 Å². The Hall–Kier alpha value is -6.34. The predicted octanol–water partition coefficient (Wildman–Crippen LogP) is 9.51. The molecule has 0 heterocycles. The van der Waals surface area contributed by atoms with Crippen LogP contribution in [0.1, 0.15) is 27.0 Å². The summed E-state index contributed by atoms with van der Waals surface area (Å²) in [5.74, 6) is 4.92. The van der Waals surface area contributed by atoms with Crippen LogP contribution in [0.4, 0.5) is 0 Å². The van der Waals surface area contributed by atoms with Gasteiger partial charge in [0.25, 0.3) is 10.1 Å². The Morgan fingerprint density at radius 2 is 1.08 bits per heavy atom. The maximum absolute atomic E-state index is 13.2. The lowest BCUT2D eigenvalue weighted by molar-refractivity contribution is 0.103. The van der Waals surface area contributed by atoms with Gasteiger partial charge in [0, 0.05) is 17.2 Å². The van der Waals surface area contributed by atoms with Crippen LogP contribution < -0.4 is 18.9 Å². The number of aryl methyl sites for hydroxylation is 1. The molecule has 0 atom stereocenters. The summed E-state index contributed by atoms with van der Waals surface area (Å²) in [7, 11) is -3.07. The standard InChI is InChI=1S/C41H30O8S/c1-4-28-6-5-27(2)25-39(28)49-37-23-24-38(40(26-37)50(43,44)45)48-36-21-13-32(14-22-36)41(42)31-11-19-35(20-12-31)47-34-17-9-30(10-18-34)29-7-15-33(46-3)16-8-29/h1,5-26H,2-3H3,(H,43,44,45). The molecule has 0 radical (unpaired) electrons. The minimum Gasteiger partial charge on any atom is -0.497 e. The molecule has 0 spiro atoms. The molecule has 0 aromatic heterocycles. The Bertz CT molecular complexity index is 2300. The van der Waals surface area contributed by atoms with Gasteiger partial charge in [-0.1, -0.05) is 36.3 Å². The highest BCUT2D eigenvalue weighted by molar-refractivity contribution is 7.86. The maximum Gasteiger partial charge on any atom is 0.298 e. The molecular weight excluding hydrogens is 653 g/mol. The predicted molar refractivity (Wildman–Crippen MR) is 190 cm³/mol. The molecule has 0 aliphatic rings. The van der Waals surface area contributed by atoms with Gasteiger partial charge in [-0.05, 0) is 121 Å². The van der Waals surface area contributed by atoms with Crippen LogP contribution in [-0.4, -0.2) is 25.9 Å². The first kappa shape index (κ1) is 33.6. The van der Waals surface area contributed by atoms with E-state index in [-0.39, 0.29) is 23.0 Å². The largest absolute Gasteiger partial charge is 0.497 e. The third-order valence-corrected chi connectivity index (χ3v) is 8.56. The van der Waals surface area contributed by atoms with E-state index in [1.54, 1.807) is 55.6 Å². The van der Waals surface area contributed by atoms with Gasteiger partial charge in [-0.3, -0.25) is 9.35 Å². The van der Waals surface area contributed by atoms with Gasteiger partial charge < -0.3 is 18.9 Å². The molecule has 0 amide bonds. The molecule has 0 saturated heterocycles. The van der Waals surface area contributed by atoms with Gasteiger partial charge in [0.2, 0.25) is 0 Å². The SMILES string of the molecule is C#Cc1ccc(C)cc1Oc1ccc(Oc2ccc(C(=O)c3ccc(Oc4ccc(-c5ccc(OC)cc5)cc4)cc3)cc2)c(S(=O)(=O)O)c1. The Kier molecular flexibility index (Phi) is 9.68. The molecule has 8 nitrogen and oxygen atoms in total. The van der Waals surface area contributed by atoms with Crippen LogP contribution in [0.15, 0.2) is 138 Å². The van der Waals surface area contributed by atoms with Crippen molar-refractivity contribution in [3.05, 3.63) is 156 Å². The normalized spacial score (nSPS) is 10.9. The smallest absolute Gasteiger partial charge is 0.298 e. The zero-order valence-electron chi connectivity index (χ0n) is 27.0. The second-order valence-corrected chi connectivity index (χ2v) is 12.6. The number of ketones is 1. The van der Waals surface area contributed by atoms with Crippen LogP contribution in [0.25, 0.3) is 11.1 Å². The van der Waals surface area contributed by atoms with E-state index in [4.69, 9.17) is 25.4 Å². The van der Waals surface area contributed by atoms with Gasteiger partial charge in [-0.15, -0.1) is 6.42 Å². The molecule has 6 aromatic rings. The van der Waals surface area contributed by atoms with Crippen molar-refractivity contribution >= 4 is 15.9 Å². The molecule has 0 unspecified atom stereocenters. The highest BCUT2D eigenvalue weighted by atomic mass is 32.2. The Morgan fingerprint density at radius 1 is 0.600 bits per heavy atom. The number of carbonyl (C=O) groups excluding carboxylic acids is 1. The molecular formula is C41H30O8S. The lowest BCUT2D eigenvalue weighted by Gasteiger charge is -2.13. The second-order valence-electron chi connectivity index (χ2n) is 11.2. The summed E-state index contributed by atoms with van der Waals surface area (Å²) < 4.78 is 57.3. The number of methoxy groups -OCH3 is 1. The van der Waals surface area contributed by atoms with Crippen LogP contribution in [0.5, 0.6) is 40.2 Å². The third kappa shape index (κ3) is 7.85. The van der Waals surface area contributed by atoms with E-state index in [0.717, 1.165) is 28.5 Å². The first-order valence-corrected chi connectivity index (χ1v) is 16.8. The summed E-state index contributed by atoms with van der Waals surface area (Å²) in [6, 6.07) is 37.8. The molecule has 0 saturated carbocycles. The van der Waals surface area contributed by atoms with E-state index < -0.39 is 15.0 Å². The minimum atomic E-state index is -4.70. The van der Waals surface area contributed by atoms with Crippen molar-refractivity contribution in [1.29, 1.82) is 0 Å².